The molecule has 1 aliphatic rings. The van der Waals surface area contributed by atoms with Crippen molar-refractivity contribution >= 4 is 38.1 Å². The van der Waals surface area contributed by atoms with Gasteiger partial charge in [-0.05, 0) is 25.0 Å². The summed E-state index contributed by atoms with van der Waals surface area (Å²) in [5.74, 6) is -0.264. The molecule has 1 amide bonds. The van der Waals surface area contributed by atoms with Gasteiger partial charge in [0.15, 0.2) is 5.13 Å². The van der Waals surface area contributed by atoms with Gasteiger partial charge in [0.25, 0.3) is 0 Å². The van der Waals surface area contributed by atoms with E-state index >= 15 is 0 Å². The lowest BCUT2D eigenvalue weighted by Crippen LogP contribution is -2.17. The number of aromatic nitrogens is 4. The van der Waals surface area contributed by atoms with Gasteiger partial charge >= 0.3 is 0 Å². The molecule has 0 aromatic carbocycles. The number of pyridine rings is 1. The lowest BCUT2D eigenvalue weighted by atomic mass is 10.2. The Balaban J connectivity index is 1.34. The minimum Gasteiger partial charge on any atom is -0.324 e. The molecule has 11 heteroatoms. The van der Waals surface area contributed by atoms with E-state index in [0.717, 1.165) is 16.9 Å². The highest BCUT2D eigenvalue weighted by Crippen LogP contribution is 2.30. The Kier molecular flexibility index (Phi) is 5.01. The topological polar surface area (TPSA) is 127 Å². The average molecular weight is 416 g/mol. The maximum Gasteiger partial charge on any atom is 0.237 e. The maximum absolute atomic E-state index is 12.2. The van der Waals surface area contributed by atoms with E-state index in [-0.39, 0.29) is 22.7 Å². The Morgan fingerprint density at radius 2 is 1.96 bits per heavy atom. The third-order valence-corrected chi connectivity index (χ3v) is 6.75. The zero-order valence-corrected chi connectivity index (χ0v) is 16.2. The van der Waals surface area contributed by atoms with Crippen molar-refractivity contribution in [1.29, 1.82) is 0 Å². The van der Waals surface area contributed by atoms with E-state index in [1.54, 1.807) is 36.1 Å². The summed E-state index contributed by atoms with van der Waals surface area (Å²) in [6.45, 7) is 0. The second-order valence-electron chi connectivity index (χ2n) is 6.27. The lowest BCUT2D eigenvalue weighted by Gasteiger charge is -2.05. The number of anilines is 2. The summed E-state index contributed by atoms with van der Waals surface area (Å²) in [4.78, 5) is 28.6. The average Bonchev–Trinajstić information content (AvgIpc) is 3.46. The van der Waals surface area contributed by atoms with Crippen molar-refractivity contribution in [2.75, 3.05) is 10.0 Å². The van der Waals surface area contributed by atoms with Crippen molar-refractivity contribution in [3.8, 4) is 11.3 Å². The predicted molar refractivity (Wildman–Crippen MR) is 105 cm³/mol. The van der Waals surface area contributed by atoms with Crippen molar-refractivity contribution in [3.63, 3.8) is 0 Å². The van der Waals surface area contributed by atoms with E-state index in [2.05, 4.69) is 30.0 Å². The van der Waals surface area contributed by atoms with E-state index in [1.807, 2.05) is 0 Å². The number of hydrogen-bond acceptors (Lipinski definition) is 8. The first-order valence-electron chi connectivity index (χ1n) is 8.47. The second-order valence-corrected chi connectivity index (χ2v) is 9.09. The Hall–Kier alpha value is -2.92. The van der Waals surface area contributed by atoms with Crippen LogP contribution in [-0.4, -0.2) is 39.5 Å². The molecule has 2 N–H and O–H groups in total. The molecule has 0 bridgehead atoms. The number of nitrogens with one attached hydrogen (secondary N) is 2. The van der Waals surface area contributed by atoms with E-state index in [4.69, 9.17) is 0 Å². The van der Waals surface area contributed by atoms with Crippen LogP contribution in [0.5, 0.6) is 0 Å². The molecule has 9 nitrogen and oxygen atoms in total. The van der Waals surface area contributed by atoms with Crippen molar-refractivity contribution in [1.82, 2.24) is 19.9 Å². The number of carbonyl (C=O) groups is 1. The third kappa shape index (κ3) is 4.49. The molecule has 144 valence electrons. The molecule has 0 aliphatic heterocycles. The van der Waals surface area contributed by atoms with Gasteiger partial charge in [-0.1, -0.05) is 0 Å². The van der Waals surface area contributed by atoms with Crippen molar-refractivity contribution < 1.29 is 13.2 Å². The monoisotopic (exact) mass is 416 g/mol. The first kappa shape index (κ1) is 18.4. The summed E-state index contributed by atoms with van der Waals surface area (Å²) in [6.07, 6.45) is 7.71. The number of thiazole rings is 1. The van der Waals surface area contributed by atoms with Crippen LogP contribution < -0.4 is 10.0 Å². The van der Waals surface area contributed by atoms with Crippen LogP contribution >= 0.6 is 11.3 Å². The van der Waals surface area contributed by atoms with Crippen molar-refractivity contribution in [2.24, 2.45) is 0 Å². The van der Waals surface area contributed by atoms with Gasteiger partial charge in [-0.25, -0.2) is 23.4 Å². The summed E-state index contributed by atoms with van der Waals surface area (Å²) in [6, 6.07) is 3.51. The van der Waals surface area contributed by atoms with Crippen LogP contribution in [0.15, 0.2) is 42.4 Å². The van der Waals surface area contributed by atoms with Gasteiger partial charge < -0.3 is 5.32 Å². The second kappa shape index (κ2) is 7.60. The molecule has 4 rings (SSSR count). The summed E-state index contributed by atoms with van der Waals surface area (Å²) in [5, 5.41) is 4.38. The van der Waals surface area contributed by atoms with Crippen LogP contribution in [0.25, 0.3) is 11.3 Å². The molecule has 0 spiro atoms. The fraction of sp³-hybridized carbons (Fsp3) is 0.235. The highest BCUT2D eigenvalue weighted by Gasteiger charge is 2.36. The van der Waals surface area contributed by atoms with Crippen LogP contribution in [0.3, 0.4) is 0 Å². The van der Waals surface area contributed by atoms with Gasteiger partial charge in [0.1, 0.15) is 6.33 Å². The fourth-order valence-corrected chi connectivity index (χ4v) is 4.76. The van der Waals surface area contributed by atoms with Crippen LogP contribution in [0.1, 0.15) is 18.5 Å². The molecule has 0 unspecified atom stereocenters. The highest BCUT2D eigenvalue weighted by atomic mass is 32.2. The Labute approximate surface area is 165 Å². The molecule has 3 aromatic heterocycles. The quantitative estimate of drug-likeness (QED) is 0.604. The zero-order valence-electron chi connectivity index (χ0n) is 14.6. The molecule has 28 heavy (non-hydrogen) atoms. The normalized spacial score (nSPS) is 13.9. The molecule has 3 aromatic rings. The smallest absolute Gasteiger partial charge is 0.237 e. The highest BCUT2D eigenvalue weighted by molar-refractivity contribution is 7.93. The lowest BCUT2D eigenvalue weighted by molar-refractivity contribution is -0.115. The van der Waals surface area contributed by atoms with Crippen LogP contribution in [0, 0.1) is 0 Å². The molecule has 1 aliphatic carbocycles. The van der Waals surface area contributed by atoms with Crippen LogP contribution in [0.4, 0.5) is 10.8 Å². The van der Waals surface area contributed by atoms with E-state index in [9.17, 15) is 13.2 Å². The summed E-state index contributed by atoms with van der Waals surface area (Å²) in [7, 11) is -3.35. The van der Waals surface area contributed by atoms with Gasteiger partial charge in [-0.2, -0.15) is 0 Å². The van der Waals surface area contributed by atoms with E-state index < -0.39 is 10.0 Å². The minimum absolute atomic E-state index is 0.0376. The molecular weight excluding hydrogens is 400 g/mol. The molecule has 1 saturated carbocycles. The van der Waals surface area contributed by atoms with Crippen LogP contribution in [0.2, 0.25) is 0 Å². The molecule has 0 saturated heterocycles. The fourth-order valence-electron chi connectivity index (χ4n) is 2.46. The van der Waals surface area contributed by atoms with E-state index in [1.165, 1.54) is 6.33 Å². The maximum atomic E-state index is 12.2. The number of sulfonamides is 1. The van der Waals surface area contributed by atoms with E-state index in [0.29, 0.717) is 29.9 Å². The Morgan fingerprint density at radius 1 is 1.18 bits per heavy atom. The SMILES string of the molecule is O=C(Cc1csc(NS(=O)(=O)C2CC2)n1)Nc1ccc(-c2cncnc2)nc1. The Morgan fingerprint density at radius 3 is 2.64 bits per heavy atom. The van der Waals surface area contributed by atoms with Gasteiger partial charge in [0.05, 0.1) is 34.9 Å². The van der Waals surface area contributed by atoms with Crippen LogP contribution in [-0.2, 0) is 21.2 Å². The standard InChI is InChI=1S/C17H16N6O3S2/c24-16(5-13-9-27-17(22-13)23-28(25,26)14-2-3-14)21-12-1-4-15(20-8-12)11-6-18-10-19-7-11/h1,4,6-10,14H,2-3,5H2,(H,21,24)(H,22,23). The summed E-state index contributed by atoms with van der Waals surface area (Å²) < 4.78 is 26.3. The van der Waals surface area contributed by atoms with Crippen molar-refractivity contribution in [3.05, 3.63) is 48.1 Å². The summed E-state index contributed by atoms with van der Waals surface area (Å²) >= 11 is 1.16. The Bertz CT molecular complexity index is 1080. The number of amides is 1. The first-order chi connectivity index (χ1) is 13.5. The molecule has 0 radical (unpaired) electrons. The van der Waals surface area contributed by atoms with Gasteiger partial charge in [-0.3, -0.25) is 14.5 Å². The number of carbonyl (C=O) groups excluding carboxylic acids is 1. The molecule has 0 atom stereocenters. The largest absolute Gasteiger partial charge is 0.324 e. The summed E-state index contributed by atoms with van der Waals surface area (Å²) in [5.41, 5.74) is 2.53. The number of hydrogen-bond donors (Lipinski definition) is 2. The van der Waals surface area contributed by atoms with Gasteiger partial charge in [0.2, 0.25) is 15.9 Å². The predicted octanol–water partition coefficient (Wildman–Crippen LogP) is 2.08. The molecule has 3 heterocycles. The van der Waals surface area contributed by atoms with Crippen molar-refractivity contribution in [2.45, 2.75) is 24.5 Å². The minimum atomic E-state index is -3.35. The molecular formula is C17H16N6O3S2. The first-order valence-corrected chi connectivity index (χ1v) is 10.9. The van der Waals surface area contributed by atoms with Gasteiger partial charge in [-0.15, -0.1) is 11.3 Å². The number of rotatable bonds is 7. The number of nitrogens with zero attached hydrogens (tertiary/aromatic N) is 4. The molecule has 1 fully saturated rings. The third-order valence-electron chi connectivity index (χ3n) is 3.99. The van der Waals surface area contributed by atoms with Gasteiger partial charge in [0, 0.05) is 23.3 Å². The zero-order chi connectivity index (χ0) is 19.6.